The quantitative estimate of drug-likeness (QED) is 0.675. The lowest BCUT2D eigenvalue weighted by Crippen LogP contribution is -2.50. The van der Waals surface area contributed by atoms with E-state index in [-0.39, 0.29) is 5.56 Å². The first-order valence-electron chi connectivity index (χ1n) is 8.44. The van der Waals surface area contributed by atoms with Crippen LogP contribution in [-0.2, 0) is 13.1 Å². The Morgan fingerprint density at radius 1 is 1.00 bits per heavy atom. The third kappa shape index (κ3) is 3.66. The Morgan fingerprint density at radius 2 is 1.84 bits per heavy atom. The summed E-state index contributed by atoms with van der Waals surface area (Å²) in [5.74, 6) is 0.473. The Labute approximate surface area is 145 Å². The van der Waals surface area contributed by atoms with Gasteiger partial charge in [0, 0.05) is 68.5 Å². The first-order valence-corrected chi connectivity index (χ1v) is 8.44. The molecule has 0 amide bonds. The van der Waals surface area contributed by atoms with Gasteiger partial charge in [-0.1, -0.05) is 0 Å². The first kappa shape index (κ1) is 15.7. The zero-order chi connectivity index (χ0) is 17.1. The molecule has 4 heterocycles. The summed E-state index contributed by atoms with van der Waals surface area (Å²) in [4.78, 5) is 22.6. The van der Waals surface area contributed by atoms with Crippen LogP contribution >= 0.6 is 0 Å². The summed E-state index contributed by atoms with van der Waals surface area (Å²) >= 11 is 0. The highest BCUT2D eigenvalue weighted by molar-refractivity contribution is 5.56. The number of rotatable bonds is 6. The van der Waals surface area contributed by atoms with Gasteiger partial charge in [0.2, 0.25) is 0 Å². The Bertz CT molecular complexity index is 868. The van der Waals surface area contributed by atoms with E-state index in [1.165, 1.54) is 0 Å². The van der Waals surface area contributed by atoms with Crippen molar-refractivity contribution in [2.24, 2.45) is 5.92 Å². The standard InChI is InChI=1S/C18H20N6O/c25-18-2-1-17(16-3-5-19-6-4-16)21-24(18)13-15-11-23(12-15)10-9-22-8-7-20-14-22/h1-8,14-15H,9-13H2. The molecule has 0 bridgehead atoms. The lowest BCUT2D eigenvalue weighted by Gasteiger charge is -2.39. The molecule has 0 radical (unpaired) electrons. The molecule has 0 aromatic carbocycles. The minimum absolute atomic E-state index is 0.0466. The molecule has 0 N–H and O–H groups in total. The Kier molecular flexibility index (Phi) is 4.39. The number of imidazole rings is 1. The first-order chi connectivity index (χ1) is 12.3. The summed E-state index contributed by atoms with van der Waals surface area (Å²) in [7, 11) is 0. The fourth-order valence-electron chi connectivity index (χ4n) is 3.15. The van der Waals surface area contributed by atoms with Crippen LogP contribution in [0.2, 0.25) is 0 Å². The lowest BCUT2D eigenvalue weighted by atomic mass is 10.0. The molecule has 7 nitrogen and oxygen atoms in total. The van der Waals surface area contributed by atoms with E-state index >= 15 is 0 Å². The van der Waals surface area contributed by atoms with Crippen molar-refractivity contribution in [1.29, 1.82) is 0 Å². The van der Waals surface area contributed by atoms with Gasteiger partial charge in [0.1, 0.15) is 0 Å². The minimum atomic E-state index is -0.0466. The summed E-state index contributed by atoms with van der Waals surface area (Å²) in [6, 6.07) is 7.17. The average Bonchev–Trinajstić information content (AvgIpc) is 3.12. The molecule has 3 aromatic heterocycles. The second-order valence-corrected chi connectivity index (χ2v) is 6.40. The topological polar surface area (TPSA) is 68.8 Å². The van der Waals surface area contributed by atoms with Crippen LogP contribution in [0.5, 0.6) is 0 Å². The van der Waals surface area contributed by atoms with E-state index in [1.807, 2.05) is 24.7 Å². The Hall–Kier alpha value is -2.80. The highest BCUT2D eigenvalue weighted by atomic mass is 16.1. The molecular weight excluding hydrogens is 316 g/mol. The maximum atomic E-state index is 12.1. The number of hydrogen-bond acceptors (Lipinski definition) is 5. The van der Waals surface area contributed by atoms with Crippen LogP contribution < -0.4 is 5.56 Å². The van der Waals surface area contributed by atoms with Crippen molar-refractivity contribution in [3.63, 3.8) is 0 Å². The monoisotopic (exact) mass is 336 g/mol. The number of hydrogen-bond donors (Lipinski definition) is 0. The van der Waals surface area contributed by atoms with Crippen molar-refractivity contribution in [3.05, 3.63) is 65.7 Å². The lowest BCUT2D eigenvalue weighted by molar-refractivity contribution is 0.0806. The summed E-state index contributed by atoms with van der Waals surface area (Å²) < 4.78 is 3.67. The van der Waals surface area contributed by atoms with E-state index < -0.39 is 0 Å². The van der Waals surface area contributed by atoms with Crippen LogP contribution in [0.15, 0.2) is 60.2 Å². The molecule has 1 saturated heterocycles. The van der Waals surface area contributed by atoms with E-state index in [1.54, 1.807) is 35.4 Å². The van der Waals surface area contributed by atoms with Gasteiger partial charge in [-0.3, -0.25) is 9.78 Å². The van der Waals surface area contributed by atoms with Crippen molar-refractivity contribution >= 4 is 0 Å². The third-order valence-corrected chi connectivity index (χ3v) is 4.54. The van der Waals surface area contributed by atoms with Crippen LogP contribution in [0.25, 0.3) is 11.3 Å². The van der Waals surface area contributed by atoms with Crippen molar-refractivity contribution in [3.8, 4) is 11.3 Å². The molecule has 1 fully saturated rings. The maximum Gasteiger partial charge on any atom is 0.266 e. The molecule has 25 heavy (non-hydrogen) atoms. The van der Waals surface area contributed by atoms with E-state index in [9.17, 15) is 4.79 Å². The van der Waals surface area contributed by atoms with Crippen molar-refractivity contribution in [2.45, 2.75) is 13.1 Å². The second-order valence-electron chi connectivity index (χ2n) is 6.40. The number of likely N-dealkylation sites (tertiary alicyclic amines) is 1. The molecule has 3 aromatic rings. The van der Waals surface area contributed by atoms with Gasteiger partial charge in [0.15, 0.2) is 0 Å². The van der Waals surface area contributed by atoms with Gasteiger partial charge in [-0.2, -0.15) is 5.10 Å². The number of aromatic nitrogens is 5. The molecule has 0 atom stereocenters. The highest BCUT2D eigenvalue weighted by Gasteiger charge is 2.27. The van der Waals surface area contributed by atoms with Crippen LogP contribution in [-0.4, -0.2) is 48.8 Å². The van der Waals surface area contributed by atoms with E-state index in [0.717, 1.165) is 37.4 Å². The zero-order valence-electron chi connectivity index (χ0n) is 13.9. The predicted molar refractivity (Wildman–Crippen MR) is 93.9 cm³/mol. The van der Waals surface area contributed by atoms with Crippen molar-refractivity contribution in [1.82, 2.24) is 29.2 Å². The van der Waals surface area contributed by atoms with Crippen LogP contribution in [0.3, 0.4) is 0 Å². The molecule has 1 aliphatic heterocycles. The van der Waals surface area contributed by atoms with Gasteiger partial charge < -0.3 is 9.47 Å². The molecule has 1 aliphatic rings. The molecule has 0 spiro atoms. The largest absolute Gasteiger partial charge is 0.336 e. The normalized spacial score (nSPS) is 15.2. The van der Waals surface area contributed by atoms with Gasteiger partial charge in [-0.15, -0.1) is 0 Å². The Balaban J connectivity index is 1.35. The molecule has 4 rings (SSSR count). The van der Waals surface area contributed by atoms with E-state index in [2.05, 4.69) is 24.5 Å². The summed E-state index contributed by atoms with van der Waals surface area (Å²) in [6.45, 7) is 4.62. The number of nitrogens with zero attached hydrogens (tertiary/aromatic N) is 6. The van der Waals surface area contributed by atoms with Crippen molar-refractivity contribution in [2.75, 3.05) is 19.6 Å². The maximum absolute atomic E-state index is 12.1. The summed E-state index contributed by atoms with van der Waals surface area (Å²) in [6.07, 6.45) is 9.08. The summed E-state index contributed by atoms with van der Waals surface area (Å²) in [5, 5.41) is 4.52. The van der Waals surface area contributed by atoms with Crippen LogP contribution in [0, 0.1) is 5.92 Å². The molecule has 0 unspecified atom stereocenters. The van der Waals surface area contributed by atoms with Crippen LogP contribution in [0.4, 0.5) is 0 Å². The minimum Gasteiger partial charge on any atom is -0.336 e. The predicted octanol–water partition coefficient (Wildman–Crippen LogP) is 1.13. The van der Waals surface area contributed by atoms with E-state index in [0.29, 0.717) is 12.5 Å². The van der Waals surface area contributed by atoms with Crippen LogP contribution in [0.1, 0.15) is 0 Å². The fraction of sp³-hybridized carbons (Fsp3) is 0.333. The number of pyridine rings is 1. The van der Waals surface area contributed by atoms with Gasteiger partial charge in [-0.25, -0.2) is 9.67 Å². The molecule has 0 saturated carbocycles. The molecule has 0 aliphatic carbocycles. The average molecular weight is 336 g/mol. The molecular formula is C18H20N6O. The molecule has 7 heteroatoms. The second kappa shape index (κ2) is 6.98. The van der Waals surface area contributed by atoms with Gasteiger partial charge >= 0.3 is 0 Å². The Morgan fingerprint density at radius 3 is 2.60 bits per heavy atom. The van der Waals surface area contributed by atoms with Gasteiger partial charge in [0.05, 0.1) is 18.6 Å². The highest BCUT2D eigenvalue weighted by Crippen LogP contribution is 2.18. The summed E-state index contributed by atoms with van der Waals surface area (Å²) in [5.41, 5.74) is 1.73. The van der Waals surface area contributed by atoms with Gasteiger partial charge in [-0.05, 0) is 18.2 Å². The fourth-order valence-corrected chi connectivity index (χ4v) is 3.15. The van der Waals surface area contributed by atoms with Gasteiger partial charge in [0.25, 0.3) is 5.56 Å². The zero-order valence-corrected chi connectivity index (χ0v) is 13.9. The SMILES string of the molecule is O=c1ccc(-c2ccncc2)nn1CC1CN(CCn2ccnc2)C1. The third-order valence-electron chi connectivity index (χ3n) is 4.54. The van der Waals surface area contributed by atoms with Crippen molar-refractivity contribution < 1.29 is 0 Å². The molecule has 128 valence electrons. The van der Waals surface area contributed by atoms with E-state index in [4.69, 9.17) is 0 Å². The smallest absolute Gasteiger partial charge is 0.266 e.